The van der Waals surface area contributed by atoms with Gasteiger partial charge in [0.05, 0.1) is 0 Å². The maximum atomic E-state index is 12.7. The molecular weight excluding hydrogens is 324 g/mol. The highest BCUT2D eigenvalue weighted by Crippen LogP contribution is 2.32. The van der Waals surface area contributed by atoms with E-state index >= 15 is 0 Å². The highest BCUT2D eigenvalue weighted by atomic mass is 32.2. The van der Waals surface area contributed by atoms with Gasteiger partial charge in [-0.3, -0.25) is 0 Å². The van der Waals surface area contributed by atoms with Crippen LogP contribution in [0.1, 0.15) is 31.4 Å². The normalized spacial score (nSPS) is 17.8. The highest BCUT2D eigenvalue weighted by Gasteiger charge is 2.27. The molecule has 21 heavy (non-hydrogen) atoms. The van der Waals surface area contributed by atoms with Crippen molar-refractivity contribution in [2.24, 2.45) is 0 Å². The van der Waals surface area contributed by atoms with Crippen molar-refractivity contribution >= 4 is 32.7 Å². The van der Waals surface area contributed by atoms with Gasteiger partial charge in [0.1, 0.15) is 9.22 Å². The van der Waals surface area contributed by atoms with Gasteiger partial charge in [-0.25, -0.2) is 13.4 Å². The summed E-state index contributed by atoms with van der Waals surface area (Å²) < 4.78 is 27.5. The maximum Gasteiger partial charge on any atom is 0.252 e. The average molecular weight is 343 g/mol. The Morgan fingerprint density at radius 3 is 2.43 bits per heavy atom. The lowest BCUT2D eigenvalue weighted by atomic mass is 10.2. The summed E-state index contributed by atoms with van der Waals surface area (Å²) in [7, 11) is -3.34. The zero-order valence-electron chi connectivity index (χ0n) is 11.9. The van der Waals surface area contributed by atoms with Gasteiger partial charge in [0.15, 0.2) is 0 Å². The summed E-state index contributed by atoms with van der Waals surface area (Å²) in [5.41, 5.74) is 1.88. The van der Waals surface area contributed by atoms with E-state index in [1.807, 2.05) is 17.7 Å². The molecule has 0 amide bonds. The van der Waals surface area contributed by atoms with E-state index in [-0.39, 0.29) is 0 Å². The van der Waals surface area contributed by atoms with Gasteiger partial charge in [-0.05, 0) is 25.8 Å². The van der Waals surface area contributed by atoms with E-state index in [0.717, 1.165) is 41.9 Å². The zero-order valence-corrected chi connectivity index (χ0v) is 14.4. The zero-order chi connectivity index (χ0) is 14.9. The summed E-state index contributed by atoms with van der Waals surface area (Å²) >= 11 is 2.85. The van der Waals surface area contributed by atoms with Crippen LogP contribution in [0.3, 0.4) is 0 Å². The molecule has 0 unspecified atom stereocenters. The predicted molar refractivity (Wildman–Crippen MR) is 87.4 cm³/mol. The SMILES string of the molecule is Cc1csc(-c2csc(S(=O)(=O)N3CCCCCC3)c2)n1. The molecule has 0 radical (unpaired) electrons. The predicted octanol–water partition coefficient (Wildman–Crippen LogP) is 3.74. The molecule has 3 heterocycles. The van der Waals surface area contributed by atoms with Crippen molar-refractivity contribution in [1.29, 1.82) is 0 Å². The quantitative estimate of drug-likeness (QED) is 0.853. The second-order valence-electron chi connectivity index (χ2n) is 5.27. The van der Waals surface area contributed by atoms with Gasteiger partial charge in [0.25, 0.3) is 10.0 Å². The van der Waals surface area contributed by atoms with E-state index in [0.29, 0.717) is 17.3 Å². The smallest absolute Gasteiger partial charge is 0.241 e. The van der Waals surface area contributed by atoms with Gasteiger partial charge in [-0.1, -0.05) is 12.8 Å². The van der Waals surface area contributed by atoms with Crippen LogP contribution >= 0.6 is 22.7 Å². The molecule has 3 rings (SSSR count). The molecule has 0 aliphatic carbocycles. The van der Waals surface area contributed by atoms with E-state index in [2.05, 4.69) is 4.98 Å². The number of rotatable bonds is 3. The maximum absolute atomic E-state index is 12.7. The Bertz CT molecular complexity index is 710. The molecule has 1 aliphatic rings. The lowest BCUT2D eigenvalue weighted by Crippen LogP contribution is -2.31. The molecule has 0 saturated carbocycles. The first kappa shape index (κ1) is 15.1. The van der Waals surface area contributed by atoms with Crippen LogP contribution < -0.4 is 0 Å². The molecule has 1 fully saturated rings. The summed E-state index contributed by atoms with van der Waals surface area (Å²) in [6, 6.07) is 1.77. The summed E-state index contributed by atoms with van der Waals surface area (Å²) in [6.07, 6.45) is 4.17. The molecule has 7 heteroatoms. The molecule has 114 valence electrons. The lowest BCUT2D eigenvalue weighted by Gasteiger charge is -2.18. The standard InChI is InChI=1S/C14H18N2O2S3/c1-11-9-20-14(15-11)12-8-13(19-10-12)21(17,18)16-6-4-2-3-5-7-16/h8-10H,2-7H2,1H3. The minimum atomic E-state index is -3.34. The fourth-order valence-corrected chi connectivity index (χ4v) is 6.15. The molecule has 0 N–H and O–H groups in total. The molecule has 0 spiro atoms. The van der Waals surface area contributed by atoms with Crippen LogP contribution in [0.4, 0.5) is 0 Å². The van der Waals surface area contributed by atoms with Gasteiger partial charge in [-0.2, -0.15) is 4.31 Å². The van der Waals surface area contributed by atoms with E-state index < -0.39 is 10.0 Å². The fraction of sp³-hybridized carbons (Fsp3) is 0.500. The van der Waals surface area contributed by atoms with Crippen molar-refractivity contribution < 1.29 is 8.42 Å². The number of thiophene rings is 1. The molecular formula is C14H18N2O2S3. The van der Waals surface area contributed by atoms with Crippen molar-refractivity contribution in [2.45, 2.75) is 36.8 Å². The largest absolute Gasteiger partial charge is 0.252 e. The number of aryl methyl sites for hydroxylation is 1. The number of thiazole rings is 1. The van der Waals surface area contributed by atoms with Crippen LogP contribution in [0, 0.1) is 6.92 Å². The third kappa shape index (κ3) is 3.21. The van der Waals surface area contributed by atoms with Crippen molar-refractivity contribution in [3.05, 3.63) is 22.5 Å². The second kappa shape index (κ2) is 6.16. The summed E-state index contributed by atoms with van der Waals surface area (Å²) in [5.74, 6) is 0. The average Bonchev–Trinajstić information content (AvgIpc) is 3.01. The second-order valence-corrected chi connectivity index (χ2v) is 9.20. The molecule has 0 aromatic carbocycles. The van der Waals surface area contributed by atoms with Crippen LogP contribution in [0.25, 0.3) is 10.6 Å². The highest BCUT2D eigenvalue weighted by molar-refractivity contribution is 7.91. The van der Waals surface area contributed by atoms with Crippen molar-refractivity contribution in [2.75, 3.05) is 13.1 Å². The van der Waals surface area contributed by atoms with Crippen molar-refractivity contribution in [3.8, 4) is 10.6 Å². The van der Waals surface area contributed by atoms with Gasteiger partial charge in [0.2, 0.25) is 0 Å². The lowest BCUT2D eigenvalue weighted by molar-refractivity contribution is 0.425. The first-order valence-corrected chi connectivity index (χ1v) is 10.3. The number of aromatic nitrogens is 1. The Morgan fingerprint density at radius 1 is 1.10 bits per heavy atom. The summed E-state index contributed by atoms with van der Waals surface area (Å²) in [4.78, 5) is 4.42. The number of hydrogen-bond acceptors (Lipinski definition) is 5. The first-order chi connectivity index (χ1) is 10.1. The fourth-order valence-electron chi connectivity index (χ4n) is 2.46. The van der Waals surface area contributed by atoms with Gasteiger partial charge in [0, 0.05) is 35.1 Å². The van der Waals surface area contributed by atoms with Crippen LogP contribution in [0.2, 0.25) is 0 Å². The Hall–Kier alpha value is -0.760. The van der Waals surface area contributed by atoms with Crippen molar-refractivity contribution in [3.63, 3.8) is 0 Å². The Labute approximate surface area is 133 Å². The molecule has 1 saturated heterocycles. The van der Waals surface area contributed by atoms with Crippen LogP contribution in [0.5, 0.6) is 0 Å². The molecule has 1 aliphatic heterocycles. The Balaban J connectivity index is 1.87. The Kier molecular flexibility index (Phi) is 4.44. The monoisotopic (exact) mass is 342 g/mol. The number of hydrogen-bond donors (Lipinski definition) is 0. The molecule has 0 atom stereocenters. The van der Waals surface area contributed by atoms with E-state index in [9.17, 15) is 8.42 Å². The molecule has 2 aromatic heterocycles. The van der Waals surface area contributed by atoms with Gasteiger partial charge >= 0.3 is 0 Å². The van der Waals surface area contributed by atoms with Crippen LogP contribution in [-0.4, -0.2) is 30.8 Å². The van der Waals surface area contributed by atoms with Gasteiger partial charge < -0.3 is 0 Å². The molecule has 0 bridgehead atoms. The molecule has 2 aromatic rings. The number of nitrogens with zero attached hydrogens (tertiary/aromatic N) is 2. The minimum absolute atomic E-state index is 0.437. The van der Waals surface area contributed by atoms with E-state index in [1.54, 1.807) is 21.7 Å². The Morgan fingerprint density at radius 2 is 1.81 bits per heavy atom. The van der Waals surface area contributed by atoms with Gasteiger partial charge in [-0.15, -0.1) is 22.7 Å². The first-order valence-electron chi connectivity index (χ1n) is 7.08. The molecule has 4 nitrogen and oxygen atoms in total. The summed E-state index contributed by atoms with van der Waals surface area (Å²) in [5, 5.41) is 4.76. The number of sulfonamides is 1. The minimum Gasteiger partial charge on any atom is -0.241 e. The van der Waals surface area contributed by atoms with E-state index in [4.69, 9.17) is 0 Å². The van der Waals surface area contributed by atoms with Crippen LogP contribution in [-0.2, 0) is 10.0 Å². The van der Waals surface area contributed by atoms with Crippen LogP contribution in [0.15, 0.2) is 21.0 Å². The summed E-state index contributed by atoms with van der Waals surface area (Å²) in [6.45, 7) is 3.24. The van der Waals surface area contributed by atoms with Crippen molar-refractivity contribution in [1.82, 2.24) is 9.29 Å². The third-order valence-corrected chi connectivity index (χ3v) is 7.92. The third-order valence-electron chi connectivity index (χ3n) is 3.60. The topological polar surface area (TPSA) is 50.3 Å². The van der Waals surface area contributed by atoms with E-state index in [1.165, 1.54) is 11.3 Å².